The van der Waals surface area contributed by atoms with Crippen molar-refractivity contribution in [2.45, 2.75) is 6.42 Å². The molecule has 0 radical (unpaired) electrons. The summed E-state index contributed by atoms with van der Waals surface area (Å²) in [6.07, 6.45) is 0.106. The number of hydrogen-bond acceptors (Lipinski definition) is 3. The predicted molar refractivity (Wildman–Crippen MR) is 58.7 cm³/mol. The van der Waals surface area contributed by atoms with Crippen molar-refractivity contribution in [3.8, 4) is 5.75 Å². The second kappa shape index (κ2) is 5.23. The Hall–Kier alpha value is -0.940. The summed E-state index contributed by atoms with van der Waals surface area (Å²) in [7, 11) is 1.39. The molecule has 0 aliphatic heterocycles. The van der Waals surface area contributed by atoms with E-state index >= 15 is 0 Å². The van der Waals surface area contributed by atoms with Crippen LogP contribution in [0.3, 0.4) is 0 Å². The van der Waals surface area contributed by atoms with Crippen LogP contribution in [0.1, 0.15) is 16.8 Å². The predicted octanol–water partition coefficient (Wildman–Crippen LogP) is 2.13. The van der Waals surface area contributed by atoms with Crippen molar-refractivity contribution in [1.82, 2.24) is 0 Å². The molecule has 0 heterocycles. The number of ether oxygens (including phenoxy) is 1. The average Bonchev–Trinajstić information content (AvgIpc) is 2.16. The average molecular weight is 276 g/mol. The van der Waals surface area contributed by atoms with Gasteiger partial charge in [0, 0.05) is 10.9 Å². The number of methoxy groups -OCH3 is 1. The zero-order valence-electron chi connectivity index (χ0n) is 8.22. The monoisotopic (exact) mass is 275 g/mol. The van der Waals surface area contributed by atoms with Gasteiger partial charge in [-0.2, -0.15) is 0 Å². The number of carbonyl (C=O) groups excluding carboxylic acids is 1. The second-order valence-electron chi connectivity index (χ2n) is 2.93. The Bertz CT molecular complexity index is 382. The fourth-order valence-electron chi connectivity index (χ4n) is 1.24. The van der Waals surface area contributed by atoms with E-state index in [-0.39, 0.29) is 30.1 Å². The summed E-state index contributed by atoms with van der Waals surface area (Å²) >= 11 is 3.12. The van der Waals surface area contributed by atoms with Gasteiger partial charge in [-0.05, 0) is 18.7 Å². The third-order valence-electron chi connectivity index (χ3n) is 1.89. The molecule has 0 aliphatic carbocycles. The smallest absolute Gasteiger partial charge is 0.170 e. The Labute approximate surface area is 95.5 Å². The van der Waals surface area contributed by atoms with Crippen LogP contribution < -0.4 is 10.5 Å². The molecular weight excluding hydrogens is 265 g/mol. The molecule has 0 saturated heterocycles. The van der Waals surface area contributed by atoms with E-state index in [1.807, 2.05) is 0 Å². The van der Waals surface area contributed by atoms with Gasteiger partial charge < -0.3 is 10.5 Å². The highest BCUT2D eigenvalue weighted by molar-refractivity contribution is 9.10. The van der Waals surface area contributed by atoms with Crippen LogP contribution in [0, 0.1) is 5.82 Å². The zero-order valence-corrected chi connectivity index (χ0v) is 9.80. The molecule has 0 saturated carbocycles. The SMILES string of the molecule is COc1cc(Br)cc(F)c1C(=O)CCN. The van der Waals surface area contributed by atoms with Gasteiger partial charge in [0.2, 0.25) is 0 Å². The molecule has 3 nitrogen and oxygen atoms in total. The van der Waals surface area contributed by atoms with Gasteiger partial charge >= 0.3 is 0 Å². The summed E-state index contributed by atoms with van der Waals surface area (Å²) in [6, 6.07) is 2.78. The van der Waals surface area contributed by atoms with Crippen LogP contribution in [-0.4, -0.2) is 19.4 Å². The lowest BCUT2D eigenvalue weighted by Crippen LogP contribution is -2.11. The van der Waals surface area contributed by atoms with Crippen LogP contribution in [0.4, 0.5) is 4.39 Å². The van der Waals surface area contributed by atoms with Crippen LogP contribution in [0.15, 0.2) is 16.6 Å². The van der Waals surface area contributed by atoms with Crippen molar-refractivity contribution in [1.29, 1.82) is 0 Å². The lowest BCUT2D eigenvalue weighted by Gasteiger charge is -2.08. The molecule has 1 aromatic rings. The van der Waals surface area contributed by atoms with Crippen molar-refractivity contribution in [3.05, 3.63) is 28.0 Å². The molecule has 0 amide bonds. The molecule has 82 valence electrons. The van der Waals surface area contributed by atoms with Crippen molar-refractivity contribution in [2.75, 3.05) is 13.7 Å². The molecule has 0 bridgehead atoms. The number of Topliss-reactive ketones (excluding diaryl/α,β-unsaturated/α-hetero) is 1. The summed E-state index contributed by atoms with van der Waals surface area (Å²) in [5, 5.41) is 0. The van der Waals surface area contributed by atoms with E-state index in [1.165, 1.54) is 13.2 Å². The summed E-state index contributed by atoms with van der Waals surface area (Å²) in [5.41, 5.74) is 5.21. The number of ketones is 1. The third kappa shape index (κ3) is 2.76. The van der Waals surface area contributed by atoms with Crippen molar-refractivity contribution in [3.63, 3.8) is 0 Å². The molecule has 5 heteroatoms. The van der Waals surface area contributed by atoms with Gasteiger partial charge in [0.1, 0.15) is 11.6 Å². The third-order valence-corrected chi connectivity index (χ3v) is 2.35. The van der Waals surface area contributed by atoms with Crippen LogP contribution >= 0.6 is 15.9 Å². The van der Waals surface area contributed by atoms with E-state index in [0.29, 0.717) is 4.47 Å². The Balaban J connectivity index is 3.20. The minimum Gasteiger partial charge on any atom is -0.496 e. The minimum absolute atomic E-state index is 0.0360. The fourth-order valence-corrected chi connectivity index (χ4v) is 1.65. The first kappa shape index (κ1) is 12.1. The quantitative estimate of drug-likeness (QED) is 0.857. The normalized spacial score (nSPS) is 10.1. The van der Waals surface area contributed by atoms with Gasteiger partial charge in [-0.25, -0.2) is 4.39 Å². The highest BCUT2D eigenvalue weighted by atomic mass is 79.9. The summed E-state index contributed by atoms with van der Waals surface area (Å²) in [4.78, 5) is 11.5. The van der Waals surface area contributed by atoms with E-state index in [9.17, 15) is 9.18 Å². The zero-order chi connectivity index (χ0) is 11.4. The number of hydrogen-bond donors (Lipinski definition) is 1. The maximum atomic E-state index is 13.5. The fraction of sp³-hybridized carbons (Fsp3) is 0.300. The van der Waals surface area contributed by atoms with Gasteiger partial charge in [-0.15, -0.1) is 0 Å². The van der Waals surface area contributed by atoms with Gasteiger partial charge in [-0.3, -0.25) is 4.79 Å². The molecule has 0 aliphatic rings. The highest BCUT2D eigenvalue weighted by Crippen LogP contribution is 2.27. The molecule has 0 atom stereocenters. The minimum atomic E-state index is -0.598. The number of carbonyl (C=O) groups is 1. The number of benzene rings is 1. The second-order valence-corrected chi connectivity index (χ2v) is 3.84. The van der Waals surface area contributed by atoms with Crippen LogP contribution in [-0.2, 0) is 0 Å². The lowest BCUT2D eigenvalue weighted by molar-refractivity contribution is 0.0978. The van der Waals surface area contributed by atoms with Crippen molar-refractivity contribution in [2.24, 2.45) is 5.73 Å². The number of halogens is 2. The van der Waals surface area contributed by atoms with Crippen LogP contribution in [0.2, 0.25) is 0 Å². The Morgan fingerprint density at radius 1 is 1.60 bits per heavy atom. The molecule has 1 rings (SSSR count). The molecule has 0 unspecified atom stereocenters. The van der Waals surface area contributed by atoms with E-state index in [2.05, 4.69) is 15.9 Å². The van der Waals surface area contributed by atoms with E-state index in [1.54, 1.807) is 6.07 Å². The van der Waals surface area contributed by atoms with Gasteiger partial charge in [-0.1, -0.05) is 15.9 Å². The van der Waals surface area contributed by atoms with E-state index in [0.717, 1.165) is 0 Å². The summed E-state index contributed by atoms with van der Waals surface area (Å²) < 4.78 is 19.0. The molecule has 0 fully saturated rings. The standard InChI is InChI=1S/C10H11BrFNO2/c1-15-9-5-6(11)4-7(12)10(9)8(14)2-3-13/h4-5H,2-3,13H2,1H3. The summed E-state index contributed by atoms with van der Waals surface area (Å²) in [6.45, 7) is 0.192. The Morgan fingerprint density at radius 3 is 2.80 bits per heavy atom. The first-order valence-electron chi connectivity index (χ1n) is 4.36. The van der Waals surface area contributed by atoms with Gasteiger partial charge in [0.25, 0.3) is 0 Å². The molecule has 0 aromatic heterocycles. The van der Waals surface area contributed by atoms with Crippen molar-refractivity contribution >= 4 is 21.7 Å². The van der Waals surface area contributed by atoms with Gasteiger partial charge in [0.15, 0.2) is 5.78 Å². The Kier molecular flexibility index (Phi) is 4.23. The van der Waals surface area contributed by atoms with Crippen LogP contribution in [0.5, 0.6) is 5.75 Å². The molecule has 1 aromatic carbocycles. The molecule has 2 N–H and O–H groups in total. The first-order valence-corrected chi connectivity index (χ1v) is 5.15. The lowest BCUT2D eigenvalue weighted by atomic mass is 10.1. The first-order chi connectivity index (χ1) is 7.10. The van der Waals surface area contributed by atoms with E-state index < -0.39 is 5.82 Å². The van der Waals surface area contributed by atoms with E-state index in [4.69, 9.17) is 10.5 Å². The number of nitrogens with two attached hydrogens (primary N) is 1. The van der Waals surface area contributed by atoms with Gasteiger partial charge in [0.05, 0.1) is 12.7 Å². The topological polar surface area (TPSA) is 52.3 Å². The van der Waals surface area contributed by atoms with Crippen molar-refractivity contribution < 1.29 is 13.9 Å². The molecular formula is C10H11BrFNO2. The molecule has 0 spiro atoms. The Morgan fingerprint density at radius 2 is 2.27 bits per heavy atom. The summed E-state index contributed by atoms with van der Waals surface area (Å²) in [5.74, 6) is -0.723. The molecule has 15 heavy (non-hydrogen) atoms. The largest absolute Gasteiger partial charge is 0.496 e. The highest BCUT2D eigenvalue weighted by Gasteiger charge is 2.17. The maximum Gasteiger partial charge on any atom is 0.170 e. The number of rotatable bonds is 4. The maximum absolute atomic E-state index is 13.5. The van der Waals surface area contributed by atoms with Crippen LogP contribution in [0.25, 0.3) is 0 Å².